The molecule has 2 aliphatic heterocycles. The topological polar surface area (TPSA) is 88.5 Å². The first-order chi connectivity index (χ1) is 19.2. The van der Waals surface area contributed by atoms with Gasteiger partial charge in [0.25, 0.3) is 0 Å². The summed E-state index contributed by atoms with van der Waals surface area (Å²) in [4.78, 5) is 55.3. The number of imide groups is 1. The third-order valence-electron chi connectivity index (χ3n) is 7.29. The first-order valence-corrected chi connectivity index (χ1v) is 14.4. The lowest BCUT2D eigenvalue weighted by Crippen LogP contribution is -2.33. The summed E-state index contributed by atoms with van der Waals surface area (Å²) in [6, 6.07) is 20.3. The van der Waals surface area contributed by atoms with E-state index >= 15 is 0 Å². The lowest BCUT2D eigenvalue weighted by molar-refractivity contribution is -0.122. The third-order valence-corrected chi connectivity index (χ3v) is 9.90. The van der Waals surface area contributed by atoms with E-state index < -0.39 is 22.9 Å². The average Bonchev–Trinajstić information content (AvgIpc) is 3.37. The van der Waals surface area contributed by atoms with Gasteiger partial charge in [0.2, 0.25) is 17.7 Å². The maximum absolute atomic E-state index is 13.9. The first kappa shape index (κ1) is 26.2. The number of aryl methyl sites for hydroxylation is 2. The first-order valence-electron chi connectivity index (χ1n) is 12.7. The molecule has 0 spiro atoms. The number of fused-ring (bicyclic) bond motifs is 2. The predicted molar refractivity (Wildman–Crippen MR) is 153 cm³/mol. The van der Waals surface area contributed by atoms with Gasteiger partial charge in [0, 0.05) is 16.5 Å². The minimum absolute atomic E-state index is 0.247. The second kappa shape index (κ2) is 10.2. The van der Waals surface area contributed by atoms with E-state index in [1.807, 2.05) is 44.2 Å². The minimum atomic E-state index is -0.809. The quantitative estimate of drug-likeness (QED) is 0.336. The number of rotatable bonds is 5. The normalized spacial score (nSPS) is 19.9. The Bertz CT molecular complexity index is 1710. The molecular formula is C30H24FN3O4S2. The number of carbonyl (C=O) groups is 3. The molecule has 10 heteroatoms. The molecular weight excluding hydrogens is 549 g/mol. The molecule has 0 saturated carbocycles. The van der Waals surface area contributed by atoms with Crippen LogP contribution in [0.4, 0.5) is 15.8 Å². The van der Waals surface area contributed by atoms with Crippen molar-refractivity contribution in [2.45, 2.75) is 36.6 Å². The molecule has 1 saturated heterocycles. The van der Waals surface area contributed by atoms with Crippen molar-refractivity contribution in [1.29, 1.82) is 0 Å². The van der Waals surface area contributed by atoms with Crippen molar-refractivity contribution in [1.82, 2.24) is 4.57 Å². The number of thioether (sulfide) groups is 1. The Kier molecular flexibility index (Phi) is 6.67. The third kappa shape index (κ3) is 4.47. The number of anilines is 2. The zero-order valence-corrected chi connectivity index (χ0v) is 23.2. The number of aromatic nitrogens is 1. The van der Waals surface area contributed by atoms with Gasteiger partial charge in [0.15, 0.2) is 0 Å². The van der Waals surface area contributed by atoms with Crippen molar-refractivity contribution in [3.05, 3.63) is 110 Å². The van der Waals surface area contributed by atoms with Crippen LogP contribution < -0.4 is 15.1 Å². The molecule has 1 N–H and O–H groups in total. The van der Waals surface area contributed by atoms with Gasteiger partial charge in [-0.05, 0) is 55.3 Å². The molecule has 0 aliphatic carbocycles. The number of halogens is 1. The predicted octanol–water partition coefficient (Wildman–Crippen LogP) is 5.10. The lowest BCUT2D eigenvalue weighted by Gasteiger charge is -2.30. The highest BCUT2D eigenvalue weighted by Gasteiger charge is 2.56. The van der Waals surface area contributed by atoms with Crippen LogP contribution in [-0.2, 0) is 20.9 Å². The van der Waals surface area contributed by atoms with Gasteiger partial charge in [-0.3, -0.25) is 23.7 Å². The van der Waals surface area contributed by atoms with Crippen LogP contribution in [0.1, 0.15) is 27.5 Å². The van der Waals surface area contributed by atoms with Crippen molar-refractivity contribution in [2.75, 3.05) is 10.2 Å². The van der Waals surface area contributed by atoms with Crippen LogP contribution >= 0.6 is 23.1 Å². The molecule has 3 atom stereocenters. The Morgan fingerprint density at radius 3 is 2.33 bits per heavy atom. The maximum Gasteiger partial charge on any atom is 0.308 e. The van der Waals surface area contributed by atoms with Crippen molar-refractivity contribution < 1.29 is 18.8 Å². The van der Waals surface area contributed by atoms with Gasteiger partial charge in [0.1, 0.15) is 17.6 Å². The number of hydrogen-bond donors (Lipinski definition) is 1. The summed E-state index contributed by atoms with van der Waals surface area (Å²) >= 11 is 2.11. The van der Waals surface area contributed by atoms with Crippen LogP contribution in [0.25, 0.3) is 0 Å². The molecule has 0 bridgehead atoms. The van der Waals surface area contributed by atoms with E-state index in [-0.39, 0.29) is 29.1 Å². The Balaban J connectivity index is 1.41. The van der Waals surface area contributed by atoms with Gasteiger partial charge in [-0.2, -0.15) is 0 Å². The van der Waals surface area contributed by atoms with Crippen molar-refractivity contribution >= 4 is 52.2 Å². The van der Waals surface area contributed by atoms with E-state index in [2.05, 4.69) is 5.32 Å². The number of para-hydroxylation sites is 1. The van der Waals surface area contributed by atoms with Crippen LogP contribution in [0, 0.1) is 25.6 Å². The fourth-order valence-corrected chi connectivity index (χ4v) is 8.05. The van der Waals surface area contributed by atoms with Crippen LogP contribution in [0.15, 0.2) is 82.6 Å². The number of amides is 3. The van der Waals surface area contributed by atoms with E-state index in [9.17, 15) is 23.6 Å². The average molecular weight is 574 g/mol. The monoisotopic (exact) mass is 573 g/mol. The van der Waals surface area contributed by atoms with Gasteiger partial charge in [0.05, 0.1) is 16.6 Å². The van der Waals surface area contributed by atoms with Crippen LogP contribution in [0.3, 0.4) is 0 Å². The summed E-state index contributed by atoms with van der Waals surface area (Å²) in [6.45, 7) is 3.55. The number of carbonyl (C=O) groups excluding carboxylic acids is 3. The van der Waals surface area contributed by atoms with E-state index in [1.54, 1.807) is 30.3 Å². The Morgan fingerprint density at radius 2 is 1.62 bits per heavy atom. The molecule has 202 valence electrons. The van der Waals surface area contributed by atoms with Crippen LogP contribution in [0.2, 0.25) is 0 Å². The molecule has 40 heavy (non-hydrogen) atoms. The molecule has 6 rings (SSSR count). The van der Waals surface area contributed by atoms with Crippen molar-refractivity contribution in [3.8, 4) is 0 Å². The van der Waals surface area contributed by atoms with Gasteiger partial charge in [-0.1, -0.05) is 71.1 Å². The summed E-state index contributed by atoms with van der Waals surface area (Å²) in [5.74, 6) is -2.99. The number of nitrogens with one attached hydrogen (secondary N) is 1. The lowest BCUT2D eigenvalue weighted by atomic mass is 9.83. The molecule has 7 nitrogen and oxygen atoms in total. The summed E-state index contributed by atoms with van der Waals surface area (Å²) in [5.41, 5.74) is 3.63. The molecule has 1 fully saturated rings. The molecule has 3 unspecified atom stereocenters. The smallest absolute Gasteiger partial charge is 0.308 e. The summed E-state index contributed by atoms with van der Waals surface area (Å²) in [7, 11) is 0. The zero-order valence-electron chi connectivity index (χ0n) is 21.6. The van der Waals surface area contributed by atoms with Crippen LogP contribution in [0.5, 0.6) is 0 Å². The maximum atomic E-state index is 13.9. The Hall–Kier alpha value is -4.02. The molecule has 3 aromatic carbocycles. The van der Waals surface area contributed by atoms with Gasteiger partial charge < -0.3 is 5.32 Å². The van der Waals surface area contributed by atoms with Gasteiger partial charge in [-0.25, -0.2) is 9.29 Å². The zero-order chi connectivity index (χ0) is 28.1. The number of thiazole rings is 1. The Morgan fingerprint density at radius 1 is 0.925 bits per heavy atom. The van der Waals surface area contributed by atoms with Crippen molar-refractivity contribution in [2.24, 2.45) is 5.92 Å². The highest BCUT2D eigenvalue weighted by molar-refractivity contribution is 8.00. The minimum Gasteiger partial charge on any atom is -0.324 e. The number of nitrogens with zero attached hydrogens (tertiary/aromatic N) is 2. The van der Waals surface area contributed by atoms with Crippen LogP contribution in [-0.4, -0.2) is 27.5 Å². The molecule has 3 heterocycles. The molecule has 2 aliphatic rings. The molecule has 0 radical (unpaired) electrons. The fraction of sp³-hybridized carbons (Fsp3) is 0.200. The van der Waals surface area contributed by atoms with Gasteiger partial charge in [-0.15, -0.1) is 0 Å². The molecule has 3 amide bonds. The standard InChI is InChI=1S/C30H24FN3O4S2/c1-16-7-13-20(14-8-16)34-27(36)24-23(18-9-11-19(31)12-10-18)26-29(39-25(24)28(34)37)33(30(38)40-26)15-22(35)32-21-6-4-3-5-17(21)2/h3-14,23-25H,15H2,1-2H3,(H,32,35). The van der Waals surface area contributed by atoms with E-state index in [0.29, 0.717) is 26.8 Å². The second-order valence-corrected chi connectivity index (χ2v) is 12.1. The summed E-state index contributed by atoms with van der Waals surface area (Å²) in [6.07, 6.45) is 0. The molecule has 4 aromatic rings. The van der Waals surface area contributed by atoms with Crippen molar-refractivity contribution in [3.63, 3.8) is 0 Å². The SMILES string of the molecule is Cc1ccc(N2C(=O)C3Sc4c(sc(=O)n4CC(=O)Nc4ccccc4C)C(c4ccc(F)cc4)C3C2=O)cc1. The summed E-state index contributed by atoms with van der Waals surface area (Å²) < 4.78 is 15.2. The number of hydrogen-bond acceptors (Lipinski definition) is 6. The highest BCUT2D eigenvalue weighted by Crippen LogP contribution is 2.53. The fourth-order valence-electron chi connectivity index (χ4n) is 5.28. The van der Waals surface area contributed by atoms with E-state index in [0.717, 1.165) is 34.2 Å². The second-order valence-electron chi connectivity index (χ2n) is 9.93. The van der Waals surface area contributed by atoms with E-state index in [1.165, 1.54) is 21.6 Å². The Labute approximate surface area is 237 Å². The molecule has 1 aromatic heterocycles. The van der Waals surface area contributed by atoms with E-state index in [4.69, 9.17) is 0 Å². The highest BCUT2D eigenvalue weighted by atomic mass is 32.2. The number of benzene rings is 3. The van der Waals surface area contributed by atoms with Gasteiger partial charge >= 0.3 is 4.87 Å². The largest absolute Gasteiger partial charge is 0.324 e. The summed E-state index contributed by atoms with van der Waals surface area (Å²) in [5, 5.41) is 2.53.